The van der Waals surface area contributed by atoms with Gasteiger partial charge in [-0.05, 0) is 90.1 Å². The minimum atomic E-state index is -0.337. The summed E-state index contributed by atoms with van der Waals surface area (Å²) < 4.78 is 7.12. The molecule has 0 spiro atoms. The summed E-state index contributed by atoms with van der Waals surface area (Å²) in [4.78, 5) is 17.4. The van der Waals surface area contributed by atoms with Crippen LogP contribution in [0, 0.1) is 29.7 Å². The van der Waals surface area contributed by atoms with Crippen LogP contribution >= 0.6 is 11.3 Å². The first-order valence-electron chi connectivity index (χ1n) is 19.8. The molecule has 3 aromatic heterocycles. The van der Waals surface area contributed by atoms with Crippen molar-refractivity contribution in [1.82, 2.24) is 4.98 Å². The van der Waals surface area contributed by atoms with Crippen molar-refractivity contribution in [2.75, 3.05) is 0 Å². The maximum Gasteiger partial charge on any atom is 0.164 e. The minimum Gasteiger partial charge on any atom is -0.512 e. The molecule has 0 saturated heterocycles. The number of nitrogens with zero attached hydrogens (tertiary/aromatic N) is 1. The number of carbonyl (C=O) groups excluding carboxylic acids is 1. The van der Waals surface area contributed by atoms with E-state index in [0.717, 1.165) is 59.8 Å². The fourth-order valence-electron chi connectivity index (χ4n) is 6.99. The van der Waals surface area contributed by atoms with Gasteiger partial charge in [-0.1, -0.05) is 117 Å². The van der Waals surface area contributed by atoms with Crippen LogP contribution in [0.4, 0.5) is 0 Å². The molecule has 0 fully saturated rings. The molecule has 0 saturated carbocycles. The van der Waals surface area contributed by atoms with Gasteiger partial charge in [0.15, 0.2) is 5.78 Å². The zero-order valence-electron chi connectivity index (χ0n) is 35.0. The summed E-state index contributed by atoms with van der Waals surface area (Å²) >= 11 is 1.78. The van der Waals surface area contributed by atoms with Gasteiger partial charge in [0.05, 0.1) is 16.5 Å². The van der Waals surface area contributed by atoms with Crippen molar-refractivity contribution in [3.8, 4) is 22.4 Å². The molecule has 1 N–H and O–H groups in total. The third-order valence-corrected chi connectivity index (χ3v) is 12.9. The van der Waals surface area contributed by atoms with Crippen LogP contribution in [-0.4, -0.2) is 15.9 Å². The Morgan fingerprint density at radius 3 is 2.18 bits per heavy atom. The summed E-state index contributed by atoms with van der Waals surface area (Å²) in [5.41, 5.74) is 9.67. The second-order valence-corrected chi connectivity index (χ2v) is 17.9. The third kappa shape index (κ3) is 9.36. The molecular weight excluding hydrogens is 875 g/mol. The van der Waals surface area contributed by atoms with Crippen LogP contribution in [0.25, 0.3) is 54.3 Å². The minimum absolute atomic E-state index is 0. The zero-order valence-corrected chi connectivity index (χ0v) is 38.2. The predicted octanol–water partition coefficient (Wildman–Crippen LogP) is 14.8. The number of aryl methyl sites for hydroxylation is 1. The Labute approximate surface area is 347 Å². The monoisotopic (exact) mass is 935 g/mol. The van der Waals surface area contributed by atoms with Gasteiger partial charge in [0.25, 0.3) is 0 Å². The number of rotatable bonds is 11. The molecule has 6 aromatic rings. The van der Waals surface area contributed by atoms with Gasteiger partial charge in [-0.15, -0.1) is 40.5 Å². The van der Waals surface area contributed by atoms with Gasteiger partial charge in [0, 0.05) is 48.1 Å². The van der Waals surface area contributed by atoms with Crippen molar-refractivity contribution in [2.45, 2.75) is 121 Å². The fourth-order valence-corrected chi connectivity index (χ4v) is 8.02. The van der Waals surface area contributed by atoms with E-state index in [1.165, 1.54) is 49.4 Å². The van der Waals surface area contributed by atoms with Gasteiger partial charge in [-0.25, -0.2) is 0 Å². The number of pyridine rings is 1. The van der Waals surface area contributed by atoms with Crippen molar-refractivity contribution in [3.05, 3.63) is 101 Å². The Morgan fingerprint density at radius 2 is 1.56 bits per heavy atom. The van der Waals surface area contributed by atoms with Gasteiger partial charge in [0.2, 0.25) is 0 Å². The van der Waals surface area contributed by atoms with Crippen LogP contribution in [0.2, 0.25) is 0 Å². The predicted molar refractivity (Wildman–Crippen MR) is 232 cm³/mol. The average molecular weight is 935 g/mol. The number of hydrogen-bond donors (Lipinski definition) is 1. The summed E-state index contributed by atoms with van der Waals surface area (Å²) in [6.07, 6.45) is 7.69. The van der Waals surface area contributed by atoms with E-state index in [4.69, 9.17) is 9.40 Å². The summed E-state index contributed by atoms with van der Waals surface area (Å²) in [6.45, 7) is 25.6. The fraction of sp³-hybridized carbons (Fsp3) is 0.429. The first-order chi connectivity index (χ1) is 25.5. The number of allylic oxidation sites excluding steroid dienone is 2. The van der Waals surface area contributed by atoms with Crippen molar-refractivity contribution < 1.29 is 34.4 Å². The van der Waals surface area contributed by atoms with Crippen molar-refractivity contribution in [1.29, 1.82) is 0 Å². The molecule has 0 aliphatic carbocycles. The number of thiophene rings is 1. The normalized spacial score (nSPS) is 12.6. The van der Waals surface area contributed by atoms with Crippen molar-refractivity contribution in [3.63, 3.8) is 0 Å². The Bertz CT molecular complexity index is 2290. The number of aliphatic hydroxyl groups is 1. The number of aromatic nitrogens is 1. The van der Waals surface area contributed by atoms with Crippen molar-refractivity contribution in [2.24, 2.45) is 16.7 Å². The van der Waals surface area contributed by atoms with E-state index in [9.17, 15) is 9.90 Å². The molecule has 3 aromatic carbocycles. The number of aliphatic hydroxyl groups excluding tert-OH is 1. The van der Waals surface area contributed by atoms with Gasteiger partial charge >= 0.3 is 0 Å². The van der Waals surface area contributed by atoms with Crippen LogP contribution < -0.4 is 0 Å². The Morgan fingerprint density at radius 1 is 0.909 bits per heavy atom. The van der Waals surface area contributed by atoms with Gasteiger partial charge in [0.1, 0.15) is 11.3 Å². The molecule has 0 bridgehead atoms. The number of carbonyl (C=O) groups is 1. The van der Waals surface area contributed by atoms with Crippen LogP contribution in [0.3, 0.4) is 0 Å². The van der Waals surface area contributed by atoms with Gasteiger partial charge in [-0.2, -0.15) is 0 Å². The molecule has 3 heterocycles. The SMILES string of the molecule is CCC(C)(CC)C(=O)/C=C(\O)C(C)(CC)CC.Cc1csc2c(-c3ccc4occ(CC(C)C)c4c3)cc(-c3[c-]c4ccccc4c(C(C)(C)C)c3)nc12.[Ir]. The summed E-state index contributed by atoms with van der Waals surface area (Å²) in [5.74, 6) is 0.859. The first kappa shape index (κ1) is 44.1. The topological polar surface area (TPSA) is 63.3 Å². The number of ketones is 1. The molecule has 295 valence electrons. The molecule has 0 unspecified atom stereocenters. The smallest absolute Gasteiger partial charge is 0.164 e. The first-order valence-corrected chi connectivity index (χ1v) is 20.7. The summed E-state index contributed by atoms with van der Waals surface area (Å²) in [6, 6.07) is 23.4. The maximum absolute atomic E-state index is 12.2. The molecule has 6 rings (SSSR count). The Hall–Kier alpha value is -3.57. The van der Waals surface area contributed by atoms with E-state index in [1.807, 2.05) is 47.8 Å². The number of hydrogen-bond acceptors (Lipinski definition) is 5. The molecule has 0 aliphatic heterocycles. The molecule has 0 aliphatic rings. The number of benzene rings is 3. The van der Waals surface area contributed by atoms with E-state index in [-0.39, 0.29) is 47.9 Å². The van der Waals surface area contributed by atoms with Gasteiger partial charge in [-0.3, -0.25) is 9.78 Å². The molecule has 6 heteroatoms. The zero-order chi connectivity index (χ0) is 39.6. The third-order valence-electron chi connectivity index (χ3n) is 11.8. The van der Waals surface area contributed by atoms with Crippen LogP contribution in [0.1, 0.15) is 119 Å². The summed E-state index contributed by atoms with van der Waals surface area (Å²) in [5, 5.41) is 16.0. The van der Waals surface area contributed by atoms with E-state index < -0.39 is 0 Å². The Balaban J connectivity index is 0.000000320. The second-order valence-electron chi connectivity index (χ2n) is 17.0. The molecule has 4 nitrogen and oxygen atoms in total. The summed E-state index contributed by atoms with van der Waals surface area (Å²) in [7, 11) is 0. The molecule has 0 amide bonds. The Kier molecular flexibility index (Phi) is 14.2. The molecule has 1 radical (unpaired) electrons. The second kappa shape index (κ2) is 17.7. The van der Waals surface area contributed by atoms with E-state index in [0.29, 0.717) is 5.92 Å². The molecular formula is C49H60IrNO3S-. The number of furan rings is 1. The van der Waals surface area contributed by atoms with Gasteiger partial charge < -0.3 is 9.52 Å². The maximum atomic E-state index is 12.2. The van der Waals surface area contributed by atoms with Crippen LogP contribution in [0.15, 0.2) is 82.5 Å². The van der Waals surface area contributed by atoms with E-state index in [1.54, 1.807) is 11.3 Å². The molecule has 55 heavy (non-hydrogen) atoms. The van der Waals surface area contributed by atoms with Crippen molar-refractivity contribution >= 4 is 49.1 Å². The largest absolute Gasteiger partial charge is 0.512 e. The van der Waals surface area contributed by atoms with E-state index >= 15 is 0 Å². The standard InChI is InChI=1S/C34H32NOS.C15H28O2.Ir/c1-20(2)13-25-18-36-31-12-11-23(15-27(25)31)28-17-30(35-32-21(3)19-37-33(28)32)24-14-22-9-7-8-10-26(22)29(16-24)34(4,5)6;1-7-14(5,8-2)12(16)11-13(17)15(6,9-3)10-4;/h7-12,15-20H,13H2,1-6H3;11,16H,7-10H2,1-6H3;/q-1;;/b;12-11-;. The number of fused-ring (bicyclic) bond motifs is 3. The van der Waals surface area contributed by atoms with Crippen LogP contribution in [-0.2, 0) is 36.7 Å². The molecule has 0 atom stereocenters. The van der Waals surface area contributed by atoms with E-state index in [2.05, 4.69) is 108 Å². The average Bonchev–Trinajstić information content (AvgIpc) is 3.74. The quantitative estimate of drug-likeness (QED) is 0.0799. The van der Waals surface area contributed by atoms with Crippen LogP contribution in [0.5, 0.6) is 0 Å².